The van der Waals surface area contributed by atoms with Crippen molar-refractivity contribution in [2.24, 2.45) is 5.73 Å². The maximum atomic E-state index is 12.0. The van der Waals surface area contributed by atoms with E-state index in [2.05, 4.69) is 15.9 Å². The van der Waals surface area contributed by atoms with Gasteiger partial charge in [-0.25, -0.2) is 0 Å². The molecule has 1 heterocycles. The van der Waals surface area contributed by atoms with Crippen LogP contribution in [0, 0.1) is 0 Å². The van der Waals surface area contributed by atoms with Crippen LogP contribution in [0.5, 0.6) is 0 Å². The van der Waals surface area contributed by atoms with Gasteiger partial charge in [-0.1, -0.05) is 12.1 Å². The number of nitrogens with two attached hydrogens (primary N) is 1. The minimum absolute atomic E-state index is 0.0874. The van der Waals surface area contributed by atoms with E-state index in [1.165, 1.54) is 0 Å². The molecule has 1 aromatic rings. The second-order valence-corrected chi connectivity index (χ2v) is 5.50. The zero-order chi connectivity index (χ0) is 11.9. The van der Waals surface area contributed by atoms with Crippen LogP contribution in [0.4, 0.5) is 5.69 Å². The first-order valence-corrected chi connectivity index (χ1v) is 6.07. The van der Waals surface area contributed by atoms with E-state index in [4.69, 9.17) is 5.73 Å². The van der Waals surface area contributed by atoms with E-state index in [1.807, 2.05) is 38.1 Å². The average molecular weight is 283 g/mol. The zero-order valence-corrected chi connectivity index (χ0v) is 11.0. The predicted octanol–water partition coefficient (Wildman–Crippen LogP) is 2.29. The van der Waals surface area contributed by atoms with E-state index in [9.17, 15) is 4.79 Å². The third kappa shape index (κ3) is 1.66. The molecule has 16 heavy (non-hydrogen) atoms. The molecule has 0 bridgehead atoms. The van der Waals surface area contributed by atoms with E-state index in [0.717, 1.165) is 10.2 Å². The fourth-order valence-corrected chi connectivity index (χ4v) is 2.56. The molecule has 86 valence electrons. The number of carbonyl (C=O) groups excluding carboxylic acids is 1. The number of rotatable bonds is 1. The number of nitrogens with zero attached hydrogens (tertiary/aromatic N) is 1. The Morgan fingerprint density at radius 2 is 2.06 bits per heavy atom. The fourth-order valence-electron chi connectivity index (χ4n) is 2.09. The minimum Gasteiger partial charge on any atom is -0.325 e. The van der Waals surface area contributed by atoms with Crippen LogP contribution in [-0.2, 0) is 4.79 Å². The summed E-state index contributed by atoms with van der Waals surface area (Å²) in [5.74, 6) is 0.0874. The second kappa shape index (κ2) is 3.86. The molecule has 1 aliphatic rings. The molecule has 3 nitrogen and oxygen atoms in total. The molecule has 0 spiro atoms. The number of benzene rings is 1. The molecular weight excluding hydrogens is 268 g/mol. The smallest absolute Gasteiger partial charge is 0.229 e. The highest BCUT2D eigenvalue weighted by Gasteiger charge is 2.45. The lowest BCUT2D eigenvalue weighted by Gasteiger charge is -2.35. The molecule has 1 fully saturated rings. The van der Waals surface area contributed by atoms with Gasteiger partial charge in [-0.05, 0) is 41.9 Å². The van der Waals surface area contributed by atoms with E-state index < -0.39 is 0 Å². The summed E-state index contributed by atoms with van der Waals surface area (Å²) >= 11 is 3.47. The molecule has 2 rings (SSSR count). The van der Waals surface area contributed by atoms with Crippen molar-refractivity contribution in [3.05, 3.63) is 28.7 Å². The molecule has 0 saturated carbocycles. The van der Waals surface area contributed by atoms with Crippen molar-refractivity contribution < 1.29 is 4.79 Å². The second-order valence-electron chi connectivity index (χ2n) is 4.64. The highest BCUT2D eigenvalue weighted by atomic mass is 79.9. The van der Waals surface area contributed by atoms with Gasteiger partial charge in [-0.15, -0.1) is 0 Å². The summed E-state index contributed by atoms with van der Waals surface area (Å²) in [5, 5.41) is 0. The fraction of sp³-hybridized carbons (Fsp3) is 0.417. The Kier molecular flexibility index (Phi) is 2.80. The lowest BCUT2D eigenvalue weighted by molar-refractivity contribution is -0.117. The molecule has 0 aromatic heterocycles. The molecule has 1 atom stereocenters. The van der Waals surface area contributed by atoms with Crippen molar-refractivity contribution in [2.75, 3.05) is 4.90 Å². The van der Waals surface area contributed by atoms with Crippen molar-refractivity contribution >= 4 is 27.5 Å². The van der Waals surface area contributed by atoms with Crippen LogP contribution in [0.2, 0.25) is 0 Å². The van der Waals surface area contributed by atoms with Crippen molar-refractivity contribution in [1.29, 1.82) is 0 Å². The summed E-state index contributed by atoms with van der Waals surface area (Å²) in [5.41, 5.74) is 6.56. The average Bonchev–Trinajstić information content (AvgIpc) is 2.39. The van der Waals surface area contributed by atoms with Crippen LogP contribution in [0.15, 0.2) is 28.7 Å². The summed E-state index contributed by atoms with van der Waals surface area (Å²) in [7, 11) is 0. The molecule has 0 radical (unpaired) electrons. The summed E-state index contributed by atoms with van der Waals surface area (Å²) in [4.78, 5) is 13.8. The summed E-state index contributed by atoms with van der Waals surface area (Å²) < 4.78 is 0.922. The number of hydrogen-bond donors (Lipinski definition) is 1. The quantitative estimate of drug-likeness (QED) is 0.859. The van der Waals surface area contributed by atoms with Crippen molar-refractivity contribution in [3.63, 3.8) is 0 Å². The monoisotopic (exact) mass is 282 g/mol. The largest absolute Gasteiger partial charge is 0.325 e. The van der Waals surface area contributed by atoms with Gasteiger partial charge in [0, 0.05) is 16.9 Å². The summed E-state index contributed by atoms with van der Waals surface area (Å²) in [6.45, 7) is 4.00. The summed E-state index contributed by atoms with van der Waals surface area (Å²) in [6.07, 6.45) is 0.411. The summed E-state index contributed by atoms with van der Waals surface area (Å²) in [6, 6.07) is 7.60. The molecule has 1 aliphatic heterocycles. The lowest BCUT2D eigenvalue weighted by atomic mass is 9.96. The van der Waals surface area contributed by atoms with Gasteiger partial charge in [-0.3, -0.25) is 4.79 Å². The van der Waals surface area contributed by atoms with Crippen LogP contribution in [0.1, 0.15) is 20.3 Å². The van der Waals surface area contributed by atoms with Crippen LogP contribution < -0.4 is 10.6 Å². The van der Waals surface area contributed by atoms with Gasteiger partial charge in [0.05, 0.1) is 11.2 Å². The van der Waals surface area contributed by atoms with E-state index in [0.29, 0.717) is 6.42 Å². The van der Waals surface area contributed by atoms with Gasteiger partial charge in [-0.2, -0.15) is 0 Å². The first-order valence-electron chi connectivity index (χ1n) is 5.28. The van der Waals surface area contributed by atoms with Crippen LogP contribution in [-0.4, -0.2) is 17.5 Å². The van der Waals surface area contributed by atoms with Crippen molar-refractivity contribution in [3.8, 4) is 0 Å². The molecular formula is C12H15BrN2O. The Morgan fingerprint density at radius 3 is 2.56 bits per heavy atom. The van der Waals surface area contributed by atoms with E-state index in [1.54, 1.807) is 4.90 Å². The van der Waals surface area contributed by atoms with Gasteiger partial charge in [0.1, 0.15) is 0 Å². The maximum absolute atomic E-state index is 12.0. The van der Waals surface area contributed by atoms with Gasteiger partial charge in [0.15, 0.2) is 0 Å². The molecule has 1 aromatic carbocycles. The van der Waals surface area contributed by atoms with Gasteiger partial charge < -0.3 is 10.6 Å². The standard InChI is InChI=1S/C12H15BrN2O/c1-12(2)10(14)7-11(16)15(12)9-6-4-3-5-8(9)13/h3-6,10H,7,14H2,1-2H3. The zero-order valence-electron chi connectivity index (χ0n) is 9.40. The van der Waals surface area contributed by atoms with Crippen molar-refractivity contribution in [2.45, 2.75) is 31.8 Å². The Morgan fingerprint density at radius 1 is 1.44 bits per heavy atom. The number of hydrogen-bond acceptors (Lipinski definition) is 2. The number of halogens is 1. The molecule has 0 aliphatic carbocycles. The van der Waals surface area contributed by atoms with Crippen molar-refractivity contribution in [1.82, 2.24) is 0 Å². The Hall–Kier alpha value is -0.870. The van der Waals surface area contributed by atoms with E-state index in [-0.39, 0.29) is 17.5 Å². The Balaban J connectivity index is 2.48. The number of carbonyl (C=O) groups is 1. The topological polar surface area (TPSA) is 46.3 Å². The molecule has 4 heteroatoms. The van der Waals surface area contributed by atoms with Crippen LogP contribution >= 0.6 is 15.9 Å². The third-order valence-corrected chi connectivity index (χ3v) is 3.89. The third-order valence-electron chi connectivity index (χ3n) is 3.22. The highest BCUT2D eigenvalue weighted by Crippen LogP contribution is 2.37. The normalized spacial score (nSPS) is 23.9. The number of para-hydroxylation sites is 1. The molecule has 2 N–H and O–H groups in total. The van der Waals surface area contributed by atoms with Gasteiger partial charge >= 0.3 is 0 Å². The van der Waals surface area contributed by atoms with Crippen LogP contribution in [0.25, 0.3) is 0 Å². The highest BCUT2D eigenvalue weighted by molar-refractivity contribution is 9.10. The van der Waals surface area contributed by atoms with Crippen LogP contribution in [0.3, 0.4) is 0 Å². The predicted molar refractivity (Wildman–Crippen MR) is 68.3 cm³/mol. The number of amides is 1. The molecule has 1 saturated heterocycles. The maximum Gasteiger partial charge on any atom is 0.229 e. The first kappa shape index (κ1) is 11.6. The van der Waals surface area contributed by atoms with Gasteiger partial charge in [0.25, 0.3) is 0 Å². The van der Waals surface area contributed by atoms with E-state index >= 15 is 0 Å². The lowest BCUT2D eigenvalue weighted by Crippen LogP contribution is -2.49. The van der Waals surface area contributed by atoms with Gasteiger partial charge in [0.2, 0.25) is 5.91 Å². The number of anilines is 1. The minimum atomic E-state index is -0.332. The SMILES string of the molecule is CC1(C)C(N)CC(=O)N1c1ccccc1Br. The molecule has 1 unspecified atom stereocenters. The Bertz CT molecular complexity index is 431. The first-order chi connectivity index (χ1) is 7.44. The molecule has 1 amide bonds. The Labute approximate surface area is 104 Å².